The predicted molar refractivity (Wildman–Crippen MR) is 108 cm³/mol. The smallest absolute Gasteiger partial charge is 0.338 e. The first-order valence-corrected chi connectivity index (χ1v) is 9.90. The van der Waals surface area contributed by atoms with Gasteiger partial charge in [-0.15, -0.1) is 11.3 Å². The SMILES string of the molecule is Cc1noc(C)c1COc1ccc(C(=O)OCC(=O)N(C)Cc2cccs2)cc1. The summed E-state index contributed by atoms with van der Waals surface area (Å²) < 4.78 is 16.0. The molecule has 0 saturated carbocycles. The third-order valence-electron chi connectivity index (χ3n) is 4.38. The summed E-state index contributed by atoms with van der Waals surface area (Å²) in [5.74, 6) is 0.510. The largest absolute Gasteiger partial charge is 0.489 e. The number of amides is 1. The van der Waals surface area contributed by atoms with Gasteiger partial charge in [-0.2, -0.15) is 0 Å². The van der Waals surface area contributed by atoms with Crippen molar-refractivity contribution in [3.05, 3.63) is 69.2 Å². The summed E-state index contributed by atoms with van der Waals surface area (Å²) in [6, 6.07) is 10.4. The van der Waals surface area contributed by atoms with E-state index < -0.39 is 5.97 Å². The first-order chi connectivity index (χ1) is 13.9. The molecule has 0 spiro atoms. The number of aromatic nitrogens is 1. The van der Waals surface area contributed by atoms with Crippen LogP contribution in [0.2, 0.25) is 0 Å². The van der Waals surface area contributed by atoms with Crippen LogP contribution >= 0.6 is 11.3 Å². The van der Waals surface area contributed by atoms with Crippen LogP contribution in [-0.4, -0.2) is 35.6 Å². The van der Waals surface area contributed by atoms with Crippen LogP contribution in [0.3, 0.4) is 0 Å². The Balaban J connectivity index is 1.47. The third-order valence-corrected chi connectivity index (χ3v) is 5.24. The molecule has 0 radical (unpaired) electrons. The third kappa shape index (κ3) is 5.45. The average Bonchev–Trinajstić information content (AvgIpc) is 3.34. The zero-order chi connectivity index (χ0) is 20.8. The lowest BCUT2D eigenvalue weighted by molar-refractivity contribution is -0.133. The summed E-state index contributed by atoms with van der Waals surface area (Å²) in [5, 5.41) is 5.84. The first-order valence-electron chi connectivity index (χ1n) is 9.02. The Bertz CT molecular complexity index is 944. The van der Waals surface area contributed by atoms with E-state index >= 15 is 0 Å². The molecule has 1 amide bonds. The van der Waals surface area contributed by atoms with E-state index in [1.807, 2.05) is 31.4 Å². The summed E-state index contributed by atoms with van der Waals surface area (Å²) in [4.78, 5) is 26.9. The van der Waals surface area contributed by atoms with Gasteiger partial charge in [0.15, 0.2) is 6.61 Å². The van der Waals surface area contributed by atoms with Gasteiger partial charge in [0.05, 0.1) is 23.4 Å². The highest BCUT2D eigenvalue weighted by atomic mass is 32.1. The minimum Gasteiger partial charge on any atom is -0.489 e. The lowest BCUT2D eigenvalue weighted by atomic mass is 10.2. The minimum atomic E-state index is -0.555. The number of aryl methyl sites for hydroxylation is 2. The van der Waals surface area contributed by atoms with Crippen molar-refractivity contribution in [2.24, 2.45) is 0 Å². The number of nitrogens with zero attached hydrogens (tertiary/aromatic N) is 2. The Morgan fingerprint density at radius 1 is 1.17 bits per heavy atom. The highest BCUT2D eigenvalue weighted by Gasteiger charge is 2.15. The van der Waals surface area contributed by atoms with E-state index in [4.69, 9.17) is 14.0 Å². The zero-order valence-corrected chi connectivity index (χ0v) is 17.3. The molecule has 0 aliphatic carbocycles. The van der Waals surface area contributed by atoms with Crippen LogP contribution in [-0.2, 0) is 22.7 Å². The molecule has 3 rings (SSSR count). The maximum absolute atomic E-state index is 12.2. The van der Waals surface area contributed by atoms with E-state index in [1.165, 1.54) is 4.90 Å². The van der Waals surface area contributed by atoms with E-state index in [9.17, 15) is 9.59 Å². The monoisotopic (exact) mass is 414 g/mol. The normalized spacial score (nSPS) is 10.6. The molecule has 0 fully saturated rings. The van der Waals surface area contributed by atoms with E-state index in [1.54, 1.807) is 42.6 Å². The van der Waals surface area contributed by atoms with Crippen LogP contribution in [0.4, 0.5) is 0 Å². The standard InChI is InChI=1S/C21H22N2O5S/c1-14-19(15(2)28-22-14)12-26-17-8-6-16(7-9-17)21(25)27-13-20(24)23(3)11-18-5-4-10-29-18/h4-10H,11-13H2,1-3H3. The number of hydrogen-bond donors (Lipinski definition) is 0. The van der Waals surface area contributed by atoms with Crippen molar-refractivity contribution in [3.8, 4) is 5.75 Å². The van der Waals surface area contributed by atoms with Crippen LogP contribution in [0.1, 0.15) is 32.3 Å². The summed E-state index contributed by atoms with van der Waals surface area (Å²) in [6.07, 6.45) is 0. The lowest BCUT2D eigenvalue weighted by Gasteiger charge is -2.16. The number of esters is 1. The number of likely N-dealkylation sites (N-methyl/N-ethyl adjacent to an activating group) is 1. The highest BCUT2D eigenvalue weighted by Crippen LogP contribution is 2.18. The first kappa shape index (κ1) is 20.6. The van der Waals surface area contributed by atoms with Gasteiger partial charge in [0.25, 0.3) is 5.91 Å². The summed E-state index contributed by atoms with van der Waals surface area (Å²) in [7, 11) is 1.68. The maximum Gasteiger partial charge on any atom is 0.338 e. The van der Waals surface area contributed by atoms with Gasteiger partial charge in [0, 0.05) is 11.9 Å². The molecule has 0 unspecified atom stereocenters. The fourth-order valence-corrected chi connectivity index (χ4v) is 3.35. The van der Waals surface area contributed by atoms with Gasteiger partial charge in [0.2, 0.25) is 0 Å². The van der Waals surface area contributed by atoms with Crippen LogP contribution in [0.25, 0.3) is 0 Å². The fourth-order valence-electron chi connectivity index (χ4n) is 2.60. The van der Waals surface area contributed by atoms with Crippen molar-refractivity contribution >= 4 is 23.2 Å². The number of ether oxygens (including phenoxy) is 2. The Morgan fingerprint density at radius 2 is 1.93 bits per heavy atom. The maximum atomic E-state index is 12.2. The molecule has 0 bridgehead atoms. The van der Waals surface area contributed by atoms with Gasteiger partial charge in [-0.3, -0.25) is 4.79 Å². The molecule has 29 heavy (non-hydrogen) atoms. The molecule has 0 aliphatic rings. The van der Waals surface area contributed by atoms with Crippen molar-refractivity contribution in [2.45, 2.75) is 27.0 Å². The van der Waals surface area contributed by atoms with Gasteiger partial charge < -0.3 is 18.9 Å². The van der Waals surface area contributed by atoms with Gasteiger partial charge in [0.1, 0.15) is 18.1 Å². The Kier molecular flexibility index (Phi) is 6.66. The molecule has 3 aromatic rings. The lowest BCUT2D eigenvalue weighted by Crippen LogP contribution is -2.30. The second-order valence-electron chi connectivity index (χ2n) is 6.52. The van der Waals surface area contributed by atoms with Gasteiger partial charge in [-0.05, 0) is 49.6 Å². The number of hydrogen-bond acceptors (Lipinski definition) is 7. The second kappa shape index (κ2) is 9.38. The average molecular weight is 414 g/mol. The number of carbonyl (C=O) groups excluding carboxylic acids is 2. The number of thiophene rings is 1. The van der Waals surface area contributed by atoms with Crippen molar-refractivity contribution in [1.29, 1.82) is 0 Å². The second-order valence-corrected chi connectivity index (χ2v) is 7.55. The molecule has 0 atom stereocenters. The number of rotatable bonds is 8. The summed E-state index contributed by atoms with van der Waals surface area (Å²) in [6.45, 7) is 4.21. The van der Waals surface area contributed by atoms with E-state index in [2.05, 4.69) is 5.16 Å². The molecule has 8 heteroatoms. The van der Waals surface area contributed by atoms with Crippen LogP contribution in [0.5, 0.6) is 5.75 Å². The summed E-state index contributed by atoms with van der Waals surface area (Å²) >= 11 is 1.57. The highest BCUT2D eigenvalue weighted by molar-refractivity contribution is 7.09. The molecule has 7 nitrogen and oxygen atoms in total. The van der Waals surface area contributed by atoms with E-state index in [0.29, 0.717) is 24.5 Å². The summed E-state index contributed by atoms with van der Waals surface area (Å²) in [5.41, 5.74) is 2.04. The fraction of sp³-hybridized carbons (Fsp3) is 0.286. The molecular formula is C21H22N2O5S. The molecule has 0 saturated heterocycles. The Labute approximate surface area is 172 Å². The van der Waals surface area contributed by atoms with E-state index in [0.717, 1.165) is 21.9 Å². The van der Waals surface area contributed by atoms with Gasteiger partial charge >= 0.3 is 5.97 Å². The zero-order valence-electron chi connectivity index (χ0n) is 16.5. The molecule has 2 aromatic heterocycles. The molecule has 152 valence electrons. The van der Waals surface area contributed by atoms with Crippen LogP contribution in [0, 0.1) is 13.8 Å². The Hall–Kier alpha value is -3.13. The number of carbonyl (C=O) groups is 2. The van der Waals surface area contributed by atoms with Crippen molar-refractivity contribution in [1.82, 2.24) is 10.1 Å². The molecule has 1 aromatic carbocycles. The topological polar surface area (TPSA) is 81.9 Å². The number of benzene rings is 1. The van der Waals surface area contributed by atoms with Gasteiger partial charge in [-0.25, -0.2) is 4.79 Å². The molecular weight excluding hydrogens is 392 g/mol. The molecule has 0 aliphatic heterocycles. The van der Waals surface area contributed by atoms with Crippen molar-refractivity contribution < 1.29 is 23.6 Å². The Morgan fingerprint density at radius 3 is 2.55 bits per heavy atom. The predicted octanol–water partition coefficient (Wildman–Crippen LogP) is 3.75. The quantitative estimate of drug-likeness (QED) is 0.522. The minimum absolute atomic E-state index is 0.258. The molecule has 0 N–H and O–H groups in total. The van der Waals surface area contributed by atoms with Crippen molar-refractivity contribution in [3.63, 3.8) is 0 Å². The van der Waals surface area contributed by atoms with E-state index in [-0.39, 0.29) is 12.5 Å². The van der Waals surface area contributed by atoms with Gasteiger partial charge in [-0.1, -0.05) is 11.2 Å². The van der Waals surface area contributed by atoms with Crippen molar-refractivity contribution in [2.75, 3.05) is 13.7 Å². The van der Waals surface area contributed by atoms with Crippen LogP contribution < -0.4 is 4.74 Å². The molecule has 2 heterocycles. The van der Waals surface area contributed by atoms with Crippen LogP contribution in [0.15, 0.2) is 46.3 Å².